The van der Waals surface area contributed by atoms with Crippen LogP contribution in [0.4, 0.5) is 4.39 Å². The zero-order valence-electron chi connectivity index (χ0n) is 9.64. The molecule has 0 aliphatic carbocycles. The third-order valence-electron chi connectivity index (χ3n) is 2.11. The molecular formula is C11H11FIN3O2. The van der Waals surface area contributed by atoms with Crippen molar-refractivity contribution < 1.29 is 13.9 Å². The van der Waals surface area contributed by atoms with Crippen LogP contribution in [-0.4, -0.2) is 35.1 Å². The van der Waals surface area contributed by atoms with E-state index < -0.39 is 0 Å². The van der Waals surface area contributed by atoms with Gasteiger partial charge in [0.2, 0.25) is 5.88 Å². The summed E-state index contributed by atoms with van der Waals surface area (Å²) >= 11 is 2.12. The number of pyridine rings is 1. The fourth-order valence-corrected chi connectivity index (χ4v) is 1.80. The van der Waals surface area contributed by atoms with Gasteiger partial charge in [-0.15, -0.1) is 5.10 Å². The molecule has 2 rings (SSSR count). The maximum atomic E-state index is 12.8. The van der Waals surface area contributed by atoms with Crippen LogP contribution in [0.1, 0.15) is 0 Å². The van der Waals surface area contributed by atoms with Gasteiger partial charge in [0, 0.05) is 13.3 Å². The fourth-order valence-electron chi connectivity index (χ4n) is 1.28. The quantitative estimate of drug-likeness (QED) is 0.603. The van der Waals surface area contributed by atoms with E-state index in [1.807, 2.05) is 0 Å². The lowest BCUT2D eigenvalue weighted by Gasteiger charge is -2.02. The van der Waals surface area contributed by atoms with Crippen LogP contribution in [-0.2, 0) is 4.74 Å². The van der Waals surface area contributed by atoms with E-state index in [1.54, 1.807) is 24.1 Å². The molecule has 7 heteroatoms. The Morgan fingerprint density at radius 2 is 2.22 bits per heavy atom. The van der Waals surface area contributed by atoms with Gasteiger partial charge < -0.3 is 9.47 Å². The normalized spacial score (nSPS) is 10.6. The third kappa shape index (κ3) is 3.16. The molecule has 0 bridgehead atoms. The Balaban J connectivity index is 2.15. The average molecular weight is 363 g/mol. The van der Waals surface area contributed by atoms with Crippen LogP contribution < -0.4 is 4.74 Å². The van der Waals surface area contributed by atoms with E-state index in [0.29, 0.717) is 24.9 Å². The highest BCUT2D eigenvalue weighted by atomic mass is 127. The molecule has 0 N–H and O–H groups in total. The van der Waals surface area contributed by atoms with E-state index in [9.17, 15) is 4.39 Å². The second kappa shape index (κ2) is 6.10. The van der Waals surface area contributed by atoms with Gasteiger partial charge in [0.1, 0.15) is 12.4 Å². The molecular weight excluding hydrogens is 352 g/mol. The molecule has 0 fully saturated rings. The van der Waals surface area contributed by atoms with E-state index in [0.717, 1.165) is 9.77 Å². The van der Waals surface area contributed by atoms with Crippen LogP contribution >= 0.6 is 22.6 Å². The number of aromatic nitrogens is 3. The van der Waals surface area contributed by atoms with Gasteiger partial charge in [-0.2, -0.15) is 0 Å². The van der Waals surface area contributed by atoms with Crippen molar-refractivity contribution in [3.63, 3.8) is 0 Å². The van der Waals surface area contributed by atoms with Crippen LogP contribution in [0.5, 0.6) is 5.88 Å². The lowest BCUT2D eigenvalue weighted by Crippen LogP contribution is -2.06. The van der Waals surface area contributed by atoms with Crippen molar-refractivity contribution >= 4 is 22.6 Å². The molecule has 0 unspecified atom stereocenters. The van der Waals surface area contributed by atoms with Crippen LogP contribution in [0.3, 0.4) is 0 Å². The Morgan fingerprint density at radius 1 is 1.39 bits per heavy atom. The zero-order chi connectivity index (χ0) is 13.0. The Labute approximate surface area is 117 Å². The van der Waals surface area contributed by atoms with Gasteiger partial charge in [-0.25, -0.2) is 14.1 Å². The number of methoxy groups -OCH3 is 1. The number of halogens is 2. The molecule has 2 heterocycles. The molecule has 2 aromatic rings. The van der Waals surface area contributed by atoms with Crippen LogP contribution in [0.15, 0.2) is 24.5 Å². The predicted molar refractivity (Wildman–Crippen MR) is 71.4 cm³/mol. The molecule has 0 radical (unpaired) electrons. The maximum Gasteiger partial charge on any atom is 0.246 e. The van der Waals surface area contributed by atoms with Crippen molar-refractivity contribution in [3.05, 3.63) is 33.9 Å². The summed E-state index contributed by atoms with van der Waals surface area (Å²) in [4.78, 5) is 3.94. The fraction of sp³-hybridized carbons (Fsp3) is 0.273. The highest BCUT2D eigenvalue weighted by Gasteiger charge is 2.09. The summed E-state index contributed by atoms with van der Waals surface area (Å²) in [6.45, 7) is 0.929. The Hall–Kier alpha value is -1.22. The topological polar surface area (TPSA) is 49.2 Å². The summed E-state index contributed by atoms with van der Waals surface area (Å²) in [5, 5.41) is 4.23. The summed E-state index contributed by atoms with van der Waals surface area (Å²) in [5.74, 6) is 0.673. The van der Waals surface area contributed by atoms with Crippen molar-refractivity contribution in [2.45, 2.75) is 0 Å². The average Bonchev–Trinajstić information content (AvgIpc) is 2.72. The van der Waals surface area contributed by atoms with Crippen LogP contribution in [0.25, 0.3) is 5.82 Å². The van der Waals surface area contributed by atoms with E-state index in [2.05, 4.69) is 32.7 Å². The van der Waals surface area contributed by atoms with Gasteiger partial charge in [-0.3, -0.25) is 0 Å². The Morgan fingerprint density at radius 3 is 2.89 bits per heavy atom. The first-order valence-corrected chi connectivity index (χ1v) is 6.27. The SMILES string of the molecule is COCCOc1nn(-c2ccc(F)cn2)cc1I. The molecule has 0 saturated carbocycles. The molecule has 0 aliphatic rings. The lowest BCUT2D eigenvalue weighted by molar-refractivity contribution is 0.143. The summed E-state index contributed by atoms with van der Waals surface area (Å²) < 4.78 is 25.5. The molecule has 0 aromatic carbocycles. The second-order valence-electron chi connectivity index (χ2n) is 3.40. The minimum atomic E-state index is -0.378. The van der Waals surface area contributed by atoms with Gasteiger partial charge in [-0.05, 0) is 34.7 Å². The van der Waals surface area contributed by atoms with Crippen LogP contribution in [0.2, 0.25) is 0 Å². The van der Waals surface area contributed by atoms with Gasteiger partial charge in [-0.1, -0.05) is 0 Å². The maximum absolute atomic E-state index is 12.8. The number of hydrogen-bond donors (Lipinski definition) is 0. The first kappa shape index (κ1) is 13.2. The molecule has 0 amide bonds. The van der Waals surface area contributed by atoms with Crippen molar-refractivity contribution in [2.75, 3.05) is 20.3 Å². The second-order valence-corrected chi connectivity index (χ2v) is 4.56. The van der Waals surface area contributed by atoms with Gasteiger partial charge >= 0.3 is 0 Å². The zero-order valence-corrected chi connectivity index (χ0v) is 11.8. The molecule has 0 aliphatic heterocycles. The molecule has 0 atom stereocenters. The first-order chi connectivity index (χ1) is 8.70. The standard InChI is InChI=1S/C11H11FIN3O2/c1-17-4-5-18-11-9(13)7-16(15-11)10-3-2-8(12)6-14-10/h2-3,6-7H,4-5H2,1H3. The predicted octanol–water partition coefficient (Wildman–Crippen LogP) is 2.04. The number of nitrogens with zero attached hydrogens (tertiary/aromatic N) is 3. The molecule has 2 aromatic heterocycles. The molecule has 0 spiro atoms. The first-order valence-electron chi connectivity index (χ1n) is 5.19. The summed E-state index contributed by atoms with van der Waals surface area (Å²) in [5.41, 5.74) is 0. The summed E-state index contributed by atoms with van der Waals surface area (Å²) in [7, 11) is 1.61. The minimum Gasteiger partial charge on any atom is -0.473 e. The van der Waals surface area contributed by atoms with Gasteiger partial charge in [0.05, 0.1) is 16.4 Å². The Kier molecular flexibility index (Phi) is 4.48. The van der Waals surface area contributed by atoms with E-state index in [-0.39, 0.29) is 5.82 Å². The van der Waals surface area contributed by atoms with Crippen LogP contribution in [0, 0.1) is 9.39 Å². The largest absolute Gasteiger partial charge is 0.473 e. The van der Waals surface area contributed by atoms with Crippen molar-refractivity contribution in [2.24, 2.45) is 0 Å². The van der Waals surface area contributed by atoms with Crippen molar-refractivity contribution in [1.82, 2.24) is 14.8 Å². The molecule has 5 nitrogen and oxygen atoms in total. The van der Waals surface area contributed by atoms with Gasteiger partial charge in [0.25, 0.3) is 0 Å². The molecule has 0 saturated heterocycles. The smallest absolute Gasteiger partial charge is 0.246 e. The van der Waals surface area contributed by atoms with E-state index in [1.165, 1.54) is 6.07 Å². The van der Waals surface area contributed by atoms with Crippen molar-refractivity contribution in [3.8, 4) is 11.7 Å². The highest BCUT2D eigenvalue weighted by Crippen LogP contribution is 2.20. The number of ether oxygens (including phenoxy) is 2. The number of hydrogen-bond acceptors (Lipinski definition) is 4. The van der Waals surface area contributed by atoms with Crippen molar-refractivity contribution in [1.29, 1.82) is 0 Å². The summed E-state index contributed by atoms with van der Waals surface area (Å²) in [6.07, 6.45) is 2.91. The molecule has 96 valence electrons. The van der Waals surface area contributed by atoms with E-state index in [4.69, 9.17) is 9.47 Å². The minimum absolute atomic E-state index is 0.378. The molecule has 18 heavy (non-hydrogen) atoms. The highest BCUT2D eigenvalue weighted by molar-refractivity contribution is 14.1. The summed E-state index contributed by atoms with van der Waals surface area (Å²) in [6, 6.07) is 2.89. The number of rotatable bonds is 5. The third-order valence-corrected chi connectivity index (χ3v) is 2.85. The van der Waals surface area contributed by atoms with E-state index >= 15 is 0 Å². The lowest BCUT2D eigenvalue weighted by atomic mass is 10.4. The Bertz CT molecular complexity index is 516. The monoisotopic (exact) mass is 363 g/mol. The van der Waals surface area contributed by atoms with Gasteiger partial charge in [0.15, 0.2) is 5.82 Å².